The topological polar surface area (TPSA) is 67.8 Å². The van der Waals surface area contributed by atoms with Crippen LogP contribution in [0.2, 0.25) is 0 Å². The maximum Gasteiger partial charge on any atom is 0.321 e. The van der Waals surface area contributed by atoms with E-state index in [1.165, 1.54) is 24.3 Å². The third-order valence-corrected chi connectivity index (χ3v) is 3.91. The molecule has 0 saturated heterocycles. The molecule has 2 aromatic carbocycles. The van der Waals surface area contributed by atoms with E-state index in [-0.39, 0.29) is 6.61 Å². The Labute approximate surface area is 144 Å². The van der Waals surface area contributed by atoms with E-state index in [4.69, 9.17) is 4.74 Å². The van der Waals surface area contributed by atoms with Gasteiger partial charge in [-0.1, -0.05) is 42.5 Å². The Morgan fingerprint density at radius 2 is 1.84 bits per heavy atom. The molecule has 25 heavy (non-hydrogen) atoms. The van der Waals surface area contributed by atoms with Gasteiger partial charge < -0.3 is 10.1 Å². The van der Waals surface area contributed by atoms with E-state index in [1.807, 2.05) is 30.3 Å². The van der Waals surface area contributed by atoms with Crippen LogP contribution in [-0.2, 0) is 14.3 Å². The normalized spacial score (nSPS) is 19.8. The molecule has 5 nitrogen and oxygen atoms in total. The van der Waals surface area contributed by atoms with Crippen LogP contribution in [0, 0.1) is 11.7 Å². The van der Waals surface area contributed by atoms with E-state index in [1.54, 1.807) is 6.92 Å². The molecule has 1 aliphatic rings. The van der Waals surface area contributed by atoms with E-state index in [9.17, 15) is 14.0 Å². The van der Waals surface area contributed by atoms with Gasteiger partial charge in [0.25, 0.3) is 0 Å². The van der Waals surface area contributed by atoms with E-state index >= 15 is 0 Å². The highest BCUT2D eigenvalue weighted by Crippen LogP contribution is 2.31. The maximum atomic E-state index is 13.2. The molecule has 0 unspecified atom stereocenters. The summed E-state index contributed by atoms with van der Waals surface area (Å²) in [6.07, 6.45) is 0. The number of halogens is 1. The van der Waals surface area contributed by atoms with Crippen molar-refractivity contribution < 1.29 is 18.7 Å². The number of esters is 1. The minimum absolute atomic E-state index is 0.161. The summed E-state index contributed by atoms with van der Waals surface area (Å²) in [6.45, 7) is 1.83. The van der Waals surface area contributed by atoms with Gasteiger partial charge in [0.1, 0.15) is 11.7 Å². The second-order valence-corrected chi connectivity index (χ2v) is 5.56. The molecule has 0 spiro atoms. The van der Waals surface area contributed by atoms with Crippen molar-refractivity contribution in [1.29, 1.82) is 0 Å². The molecule has 0 saturated carbocycles. The van der Waals surface area contributed by atoms with Crippen molar-refractivity contribution in [1.82, 2.24) is 5.32 Å². The van der Waals surface area contributed by atoms with Gasteiger partial charge in [0, 0.05) is 5.56 Å². The molecule has 6 heteroatoms. The van der Waals surface area contributed by atoms with E-state index in [2.05, 4.69) is 10.3 Å². The number of rotatable bonds is 4. The van der Waals surface area contributed by atoms with Crippen LogP contribution in [0.25, 0.3) is 0 Å². The number of amides is 1. The second-order valence-electron chi connectivity index (χ2n) is 5.56. The second kappa shape index (κ2) is 7.25. The predicted octanol–water partition coefficient (Wildman–Crippen LogP) is 2.62. The van der Waals surface area contributed by atoms with Crippen LogP contribution in [0.3, 0.4) is 0 Å². The third-order valence-electron chi connectivity index (χ3n) is 3.91. The average Bonchev–Trinajstić information content (AvgIpc) is 2.62. The van der Waals surface area contributed by atoms with Crippen LogP contribution >= 0.6 is 0 Å². The molecule has 0 aromatic heterocycles. The first-order valence-corrected chi connectivity index (χ1v) is 7.96. The Hall–Kier alpha value is -3.02. The van der Waals surface area contributed by atoms with Crippen LogP contribution in [0.5, 0.6) is 0 Å². The van der Waals surface area contributed by atoms with E-state index in [0.29, 0.717) is 11.4 Å². The van der Waals surface area contributed by atoms with Gasteiger partial charge in [-0.25, -0.2) is 4.39 Å². The average molecular weight is 340 g/mol. The van der Waals surface area contributed by atoms with Crippen LogP contribution in [0.15, 0.2) is 59.6 Å². The molecule has 1 N–H and O–H groups in total. The zero-order valence-corrected chi connectivity index (χ0v) is 13.6. The SMILES string of the molecule is CCOC(=O)[C@H]1C(=O)NC(c2ccccc2)=N[C@H]1c1ccc(F)cc1. The van der Waals surface area contributed by atoms with Crippen molar-refractivity contribution >= 4 is 17.7 Å². The fraction of sp³-hybridized carbons (Fsp3) is 0.211. The Balaban J connectivity index is 2.05. The van der Waals surface area contributed by atoms with Gasteiger partial charge in [0.05, 0.1) is 12.6 Å². The minimum atomic E-state index is -1.11. The first kappa shape index (κ1) is 16.8. The molecule has 1 amide bonds. The van der Waals surface area contributed by atoms with Gasteiger partial charge in [-0.15, -0.1) is 0 Å². The molecule has 0 aliphatic carbocycles. The standard InChI is InChI=1S/C19H17FN2O3/c1-2-25-19(24)15-16(12-8-10-14(20)11-9-12)21-17(22-18(15)23)13-6-4-3-5-7-13/h3-11,15-16H,2H2,1H3,(H,21,22,23)/t15-,16+/m1/s1. The molecule has 2 aromatic rings. The van der Waals surface area contributed by atoms with Gasteiger partial charge in [0.15, 0.2) is 5.92 Å². The molecular formula is C19H17FN2O3. The summed E-state index contributed by atoms with van der Waals surface area (Å²) >= 11 is 0. The molecule has 0 radical (unpaired) electrons. The fourth-order valence-electron chi connectivity index (χ4n) is 2.72. The number of carbonyl (C=O) groups is 2. The summed E-state index contributed by atoms with van der Waals surface area (Å²) in [5, 5.41) is 2.67. The Kier molecular flexibility index (Phi) is 4.88. The monoisotopic (exact) mass is 340 g/mol. The van der Waals surface area contributed by atoms with Gasteiger partial charge in [-0.05, 0) is 24.6 Å². The highest BCUT2D eigenvalue weighted by molar-refractivity contribution is 6.14. The molecule has 2 atom stereocenters. The van der Waals surface area contributed by atoms with Crippen LogP contribution in [-0.4, -0.2) is 24.3 Å². The number of benzene rings is 2. The maximum absolute atomic E-state index is 13.2. The minimum Gasteiger partial charge on any atom is -0.465 e. The lowest BCUT2D eigenvalue weighted by atomic mass is 9.90. The number of carbonyl (C=O) groups excluding carboxylic acids is 2. The highest BCUT2D eigenvalue weighted by atomic mass is 19.1. The summed E-state index contributed by atoms with van der Waals surface area (Å²) in [5.74, 6) is -2.27. The Morgan fingerprint density at radius 3 is 2.48 bits per heavy atom. The van der Waals surface area contributed by atoms with Crippen LogP contribution in [0.4, 0.5) is 4.39 Å². The van der Waals surface area contributed by atoms with E-state index < -0.39 is 29.7 Å². The Morgan fingerprint density at radius 1 is 1.16 bits per heavy atom. The summed E-state index contributed by atoms with van der Waals surface area (Å²) in [4.78, 5) is 29.4. The number of hydrogen-bond acceptors (Lipinski definition) is 4. The van der Waals surface area contributed by atoms with Crippen LogP contribution in [0.1, 0.15) is 24.1 Å². The summed E-state index contributed by atoms with van der Waals surface area (Å²) in [6, 6.07) is 14.0. The highest BCUT2D eigenvalue weighted by Gasteiger charge is 2.41. The molecular weight excluding hydrogens is 323 g/mol. The van der Waals surface area contributed by atoms with Crippen molar-refractivity contribution in [2.45, 2.75) is 13.0 Å². The third kappa shape index (κ3) is 3.57. The van der Waals surface area contributed by atoms with Crippen molar-refractivity contribution in [2.24, 2.45) is 10.9 Å². The molecule has 128 valence electrons. The smallest absolute Gasteiger partial charge is 0.321 e. The number of hydrogen-bond donors (Lipinski definition) is 1. The predicted molar refractivity (Wildman–Crippen MR) is 90.4 cm³/mol. The number of ether oxygens (including phenoxy) is 1. The number of amidine groups is 1. The first-order chi connectivity index (χ1) is 12.1. The summed E-state index contributed by atoms with van der Waals surface area (Å²) in [7, 11) is 0. The van der Waals surface area contributed by atoms with Crippen molar-refractivity contribution in [3.05, 3.63) is 71.5 Å². The van der Waals surface area contributed by atoms with Crippen molar-refractivity contribution in [3.63, 3.8) is 0 Å². The summed E-state index contributed by atoms with van der Waals surface area (Å²) in [5.41, 5.74) is 1.30. The number of nitrogens with one attached hydrogen (secondary N) is 1. The molecule has 0 bridgehead atoms. The molecule has 0 fully saturated rings. The van der Waals surface area contributed by atoms with Crippen molar-refractivity contribution in [3.8, 4) is 0 Å². The summed E-state index contributed by atoms with van der Waals surface area (Å²) < 4.78 is 18.3. The fourth-order valence-corrected chi connectivity index (χ4v) is 2.72. The Bertz CT molecular complexity index is 803. The zero-order valence-electron chi connectivity index (χ0n) is 13.6. The number of aliphatic imine (C=N–C) groups is 1. The van der Waals surface area contributed by atoms with E-state index in [0.717, 1.165) is 5.56 Å². The largest absolute Gasteiger partial charge is 0.465 e. The van der Waals surface area contributed by atoms with Crippen molar-refractivity contribution in [2.75, 3.05) is 6.61 Å². The lowest BCUT2D eigenvalue weighted by Gasteiger charge is -2.28. The lowest BCUT2D eigenvalue weighted by Crippen LogP contribution is -2.47. The van der Waals surface area contributed by atoms with Gasteiger partial charge in [-0.2, -0.15) is 0 Å². The zero-order chi connectivity index (χ0) is 17.8. The van der Waals surface area contributed by atoms with Gasteiger partial charge in [0.2, 0.25) is 5.91 Å². The van der Waals surface area contributed by atoms with Gasteiger partial charge in [-0.3, -0.25) is 14.6 Å². The van der Waals surface area contributed by atoms with Crippen LogP contribution < -0.4 is 5.32 Å². The number of nitrogens with zero attached hydrogens (tertiary/aromatic N) is 1. The molecule has 3 rings (SSSR count). The lowest BCUT2D eigenvalue weighted by molar-refractivity contribution is -0.153. The van der Waals surface area contributed by atoms with Gasteiger partial charge >= 0.3 is 5.97 Å². The molecule has 1 heterocycles. The first-order valence-electron chi connectivity index (χ1n) is 7.96. The quantitative estimate of drug-likeness (QED) is 0.687. The molecule has 1 aliphatic heterocycles.